The number of hydrogen-bond acceptors (Lipinski definition) is 1. The first-order valence-electron chi connectivity index (χ1n) is 7.52. The van der Waals surface area contributed by atoms with Crippen molar-refractivity contribution in [3.63, 3.8) is 0 Å². The monoisotopic (exact) mass is 281 g/mol. The van der Waals surface area contributed by atoms with Crippen LogP contribution >= 0.6 is 0 Å². The zero-order valence-corrected chi connectivity index (χ0v) is 12.8. The van der Waals surface area contributed by atoms with Crippen LogP contribution in [0.25, 0.3) is 0 Å². The van der Waals surface area contributed by atoms with Crippen LogP contribution in [0.5, 0.6) is 0 Å². The third-order valence-electron chi connectivity index (χ3n) is 3.85. The maximum atomic E-state index is 5.29. The highest BCUT2D eigenvalue weighted by atomic mass is 28.3. The molecule has 1 fully saturated rings. The van der Waals surface area contributed by atoms with Gasteiger partial charge in [-0.15, -0.1) is 0 Å². The minimum atomic E-state index is -0.618. The second-order valence-corrected chi connectivity index (χ2v) is 8.02. The predicted octanol–water partition coefficient (Wildman–Crippen LogP) is 2.86. The first kappa shape index (κ1) is 13.6. The number of benzene rings is 2. The van der Waals surface area contributed by atoms with Crippen molar-refractivity contribution in [1.29, 1.82) is 0 Å². The Morgan fingerprint density at radius 1 is 0.850 bits per heavy atom. The standard InChI is InChI=1S/C18H21OSi/c1-3-10-17(11-4-1)20(18-12-5-2-6-13-18)14-8-7-9-16-15-19-16/h1-6,10-13,16H,7-9,14-15H2. The van der Waals surface area contributed by atoms with E-state index in [0.717, 1.165) is 6.61 Å². The summed E-state index contributed by atoms with van der Waals surface area (Å²) in [5.41, 5.74) is 0. The second kappa shape index (κ2) is 6.87. The molecule has 3 rings (SSSR count). The number of ether oxygens (including phenoxy) is 1. The van der Waals surface area contributed by atoms with Crippen LogP contribution in [-0.2, 0) is 4.74 Å². The maximum Gasteiger partial charge on any atom is 0.121 e. The molecule has 0 aromatic heterocycles. The van der Waals surface area contributed by atoms with Gasteiger partial charge in [-0.1, -0.05) is 89.9 Å². The molecule has 1 aliphatic heterocycles. The van der Waals surface area contributed by atoms with E-state index in [-0.39, 0.29) is 0 Å². The molecule has 1 aliphatic rings. The van der Waals surface area contributed by atoms with E-state index >= 15 is 0 Å². The molecule has 0 saturated carbocycles. The van der Waals surface area contributed by atoms with Gasteiger partial charge in [0.1, 0.15) is 8.80 Å². The van der Waals surface area contributed by atoms with Gasteiger partial charge < -0.3 is 4.74 Å². The van der Waals surface area contributed by atoms with Gasteiger partial charge >= 0.3 is 0 Å². The molecule has 0 amide bonds. The summed E-state index contributed by atoms with van der Waals surface area (Å²) in [4.78, 5) is 0. The van der Waals surface area contributed by atoms with Gasteiger partial charge in [0.05, 0.1) is 12.7 Å². The Hall–Kier alpha value is -1.38. The highest BCUT2D eigenvalue weighted by Gasteiger charge is 2.22. The summed E-state index contributed by atoms with van der Waals surface area (Å²) in [5.74, 6) is 0. The van der Waals surface area contributed by atoms with Gasteiger partial charge in [0.2, 0.25) is 0 Å². The summed E-state index contributed by atoms with van der Waals surface area (Å²) in [6.45, 7) is 0.995. The van der Waals surface area contributed by atoms with Crippen LogP contribution < -0.4 is 10.4 Å². The Morgan fingerprint density at radius 2 is 1.40 bits per heavy atom. The zero-order chi connectivity index (χ0) is 13.6. The molecule has 103 valence electrons. The van der Waals surface area contributed by atoms with E-state index in [1.807, 2.05) is 0 Å². The summed E-state index contributed by atoms with van der Waals surface area (Å²) in [6, 6.07) is 23.4. The van der Waals surface area contributed by atoms with Crippen molar-refractivity contribution in [1.82, 2.24) is 0 Å². The van der Waals surface area contributed by atoms with Gasteiger partial charge in [0, 0.05) is 0 Å². The van der Waals surface area contributed by atoms with E-state index in [1.54, 1.807) is 0 Å². The lowest BCUT2D eigenvalue weighted by molar-refractivity contribution is 0.391. The van der Waals surface area contributed by atoms with Crippen molar-refractivity contribution in [2.45, 2.75) is 31.4 Å². The lowest BCUT2D eigenvalue weighted by Gasteiger charge is -2.15. The molecule has 1 heterocycles. The van der Waals surface area contributed by atoms with E-state index in [0.29, 0.717) is 6.10 Å². The molecule has 1 unspecified atom stereocenters. The quantitative estimate of drug-likeness (QED) is 0.432. The molecule has 1 saturated heterocycles. The first-order chi connectivity index (χ1) is 9.93. The third kappa shape index (κ3) is 3.81. The SMILES string of the molecule is c1ccc([Si](CCCCC2CO2)c2ccccc2)cc1. The molecule has 0 aliphatic carbocycles. The number of rotatable bonds is 7. The lowest BCUT2D eigenvalue weighted by atomic mass is 10.2. The Bertz CT molecular complexity index is 468. The number of hydrogen-bond donors (Lipinski definition) is 0. The molecule has 1 atom stereocenters. The highest BCUT2D eigenvalue weighted by Crippen LogP contribution is 2.17. The maximum absolute atomic E-state index is 5.29. The highest BCUT2D eigenvalue weighted by molar-refractivity contribution is 6.85. The average Bonchev–Trinajstić information content (AvgIpc) is 3.33. The largest absolute Gasteiger partial charge is 0.373 e. The molecular weight excluding hydrogens is 260 g/mol. The molecule has 2 aromatic rings. The van der Waals surface area contributed by atoms with E-state index in [4.69, 9.17) is 4.74 Å². The lowest BCUT2D eigenvalue weighted by Crippen LogP contribution is -2.41. The van der Waals surface area contributed by atoms with Crippen molar-refractivity contribution in [3.8, 4) is 0 Å². The summed E-state index contributed by atoms with van der Waals surface area (Å²) in [7, 11) is -0.618. The molecular formula is C18H21OSi. The second-order valence-electron chi connectivity index (χ2n) is 5.41. The Labute approximate surface area is 123 Å². The molecule has 1 nitrogen and oxygen atoms in total. The Morgan fingerprint density at radius 3 is 1.90 bits per heavy atom. The fraction of sp³-hybridized carbons (Fsp3) is 0.333. The van der Waals surface area contributed by atoms with Crippen molar-refractivity contribution in [3.05, 3.63) is 60.7 Å². The first-order valence-corrected chi connectivity index (χ1v) is 9.22. The van der Waals surface area contributed by atoms with Gasteiger partial charge in [0.15, 0.2) is 0 Å². The van der Waals surface area contributed by atoms with E-state index in [1.165, 1.54) is 35.7 Å². The molecule has 0 bridgehead atoms. The number of epoxide rings is 1. The summed E-state index contributed by atoms with van der Waals surface area (Å²) < 4.78 is 5.29. The van der Waals surface area contributed by atoms with E-state index < -0.39 is 8.80 Å². The summed E-state index contributed by atoms with van der Waals surface area (Å²) in [5, 5.41) is 3.07. The zero-order valence-electron chi connectivity index (χ0n) is 11.8. The van der Waals surface area contributed by atoms with Crippen molar-refractivity contribution in [2.75, 3.05) is 6.61 Å². The Kier molecular flexibility index (Phi) is 4.67. The molecule has 0 N–H and O–H groups in total. The van der Waals surface area contributed by atoms with Crippen molar-refractivity contribution in [2.24, 2.45) is 0 Å². The van der Waals surface area contributed by atoms with Crippen LogP contribution in [0.3, 0.4) is 0 Å². The van der Waals surface area contributed by atoms with Crippen LogP contribution in [0.4, 0.5) is 0 Å². The molecule has 2 aromatic carbocycles. The van der Waals surface area contributed by atoms with Gasteiger partial charge in [-0.05, 0) is 6.42 Å². The third-order valence-corrected chi connectivity index (χ3v) is 6.76. The smallest absolute Gasteiger partial charge is 0.121 e. The molecule has 1 radical (unpaired) electrons. The van der Waals surface area contributed by atoms with E-state index in [9.17, 15) is 0 Å². The van der Waals surface area contributed by atoms with Crippen LogP contribution in [0.2, 0.25) is 6.04 Å². The predicted molar refractivity (Wildman–Crippen MR) is 86.3 cm³/mol. The average molecular weight is 281 g/mol. The van der Waals surface area contributed by atoms with Crippen molar-refractivity contribution >= 4 is 19.2 Å². The molecule has 0 spiro atoms. The van der Waals surface area contributed by atoms with Crippen LogP contribution in [0.1, 0.15) is 19.3 Å². The Balaban J connectivity index is 1.66. The minimum Gasteiger partial charge on any atom is -0.373 e. The van der Waals surface area contributed by atoms with Gasteiger partial charge in [-0.3, -0.25) is 0 Å². The van der Waals surface area contributed by atoms with Crippen LogP contribution in [0.15, 0.2) is 60.7 Å². The van der Waals surface area contributed by atoms with Gasteiger partial charge in [0.25, 0.3) is 0 Å². The normalized spacial score (nSPS) is 17.4. The minimum absolute atomic E-state index is 0.583. The van der Waals surface area contributed by atoms with Crippen LogP contribution in [0, 0.1) is 0 Å². The number of unbranched alkanes of at least 4 members (excludes halogenated alkanes) is 1. The topological polar surface area (TPSA) is 12.5 Å². The summed E-state index contributed by atoms with van der Waals surface area (Å²) >= 11 is 0. The van der Waals surface area contributed by atoms with Crippen molar-refractivity contribution < 1.29 is 4.74 Å². The summed E-state index contributed by atoms with van der Waals surface area (Å²) in [6.07, 6.45) is 4.45. The van der Waals surface area contributed by atoms with E-state index in [2.05, 4.69) is 60.7 Å². The fourth-order valence-electron chi connectivity index (χ4n) is 2.64. The van der Waals surface area contributed by atoms with Gasteiger partial charge in [-0.25, -0.2) is 0 Å². The molecule has 2 heteroatoms. The van der Waals surface area contributed by atoms with Crippen LogP contribution in [-0.4, -0.2) is 21.5 Å². The fourth-order valence-corrected chi connectivity index (χ4v) is 5.35. The molecule has 20 heavy (non-hydrogen) atoms. The van der Waals surface area contributed by atoms with Gasteiger partial charge in [-0.2, -0.15) is 0 Å².